The molecule has 0 saturated carbocycles. The Labute approximate surface area is 104 Å². The maximum atomic E-state index is 11.5. The maximum Gasteiger partial charge on any atom is 0.329 e. The van der Waals surface area contributed by atoms with Crippen LogP contribution in [-0.2, 0) is 14.4 Å². The van der Waals surface area contributed by atoms with Gasteiger partial charge in [-0.05, 0) is 13.3 Å². The molecule has 4 N–H and O–H groups in total. The van der Waals surface area contributed by atoms with Gasteiger partial charge in [0.1, 0.15) is 5.54 Å². The van der Waals surface area contributed by atoms with Crippen molar-refractivity contribution in [1.29, 1.82) is 0 Å². The lowest BCUT2D eigenvalue weighted by molar-refractivity contribution is -0.146. The number of carbonyl (C=O) groups is 3. The summed E-state index contributed by atoms with van der Waals surface area (Å²) in [5, 5.41) is 11.4. The first-order chi connectivity index (χ1) is 7.81. The van der Waals surface area contributed by atoms with Crippen molar-refractivity contribution in [3.63, 3.8) is 0 Å². The Morgan fingerprint density at radius 3 is 2.41 bits per heavy atom. The second-order valence-electron chi connectivity index (χ2n) is 3.81. The Kier molecular flexibility index (Phi) is 6.64. The second-order valence-corrected chi connectivity index (χ2v) is 4.91. The quantitative estimate of drug-likeness (QED) is 0.532. The first kappa shape index (κ1) is 15.8. The smallest absolute Gasteiger partial charge is 0.329 e. The van der Waals surface area contributed by atoms with E-state index in [1.165, 1.54) is 18.7 Å². The molecular weight excluding hydrogens is 244 g/mol. The van der Waals surface area contributed by atoms with Crippen LogP contribution in [0.5, 0.6) is 0 Å². The third-order valence-electron chi connectivity index (χ3n) is 2.31. The molecule has 2 amide bonds. The number of amides is 2. The van der Waals surface area contributed by atoms with Gasteiger partial charge in [0.2, 0.25) is 11.8 Å². The highest BCUT2D eigenvalue weighted by atomic mass is 32.2. The fourth-order valence-electron chi connectivity index (χ4n) is 1.00. The summed E-state index contributed by atoms with van der Waals surface area (Å²) in [4.78, 5) is 32.8. The fourth-order valence-corrected chi connectivity index (χ4v) is 1.68. The number of nitrogens with two attached hydrogens (primary N) is 1. The number of hydrogen-bond acceptors (Lipinski definition) is 4. The van der Waals surface area contributed by atoms with E-state index < -0.39 is 17.4 Å². The number of thioether (sulfide) groups is 1. The minimum Gasteiger partial charge on any atom is -0.480 e. The number of hydrogen-bond donors (Lipinski definition) is 3. The lowest BCUT2D eigenvalue weighted by atomic mass is 9.99. The highest BCUT2D eigenvalue weighted by Crippen LogP contribution is 2.10. The van der Waals surface area contributed by atoms with Crippen molar-refractivity contribution < 1.29 is 19.5 Å². The third-order valence-corrected chi connectivity index (χ3v) is 3.29. The zero-order chi connectivity index (χ0) is 13.5. The largest absolute Gasteiger partial charge is 0.480 e. The topological polar surface area (TPSA) is 109 Å². The minimum absolute atomic E-state index is 0.164. The Bertz CT molecular complexity index is 309. The molecule has 0 fully saturated rings. The molecule has 17 heavy (non-hydrogen) atoms. The first-order valence-electron chi connectivity index (χ1n) is 5.22. The molecule has 0 bridgehead atoms. The zero-order valence-electron chi connectivity index (χ0n) is 9.99. The van der Waals surface area contributed by atoms with E-state index in [1.54, 1.807) is 6.92 Å². The van der Waals surface area contributed by atoms with Crippen LogP contribution in [0, 0.1) is 0 Å². The number of primary amides is 1. The lowest BCUT2D eigenvalue weighted by Crippen LogP contribution is -2.51. The summed E-state index contributed by atoms with van der Waals surface area (Å²) in [6.45, 7) is 3.15. The van der Waals surface area contributed by atoms with E-state index >= 15 is 0 Å². The highest BCUT2D eigenvalue weighted by molar-refractivity contribution is 7.99. The molecule has 1 unspecified atom stereocenters. The van der Waals surface area contributed by atoms with Crippen molar-refractivity contribution in [2.45, 2.75) is 32.2 Å². The average molecular weight is 262 g/mol. The van der Waals surface area contributed by atoms with Gasteiger partial charge in [-0.3, -0.25) is 9.59 Å². The number of carboxylic acids is 1. The minimum atomic E-state index is -1.23. The van der Waals surface area contributed by atoms with Gasteiger partial charge < -0.3 is 16.2 Å². The predicted molar refractivity (Wildman–Crippen MR) is 65.6 cm³/mol. The summed E-state index contributed by atoms with van der Waals surface area (Å²) in [5.74, 6) is -1.22. The standard InChI is InChI=1S/C10H18N2O4S/c1-3-10(2,9(15)16)12-8(14)4-5-17-6-7(11)13/h3-6H2,1-2H3,(H2,11,13)(H,12,14)(H,15,16). The number of aliphatic carboxylic acids is 1. The van der Waals surface area contributed by atoms with Crippen LogP contribution in [0.2, 0.25) is 0 Å². The van der Waals surface area contributed by atoms with Crippen molar-refractivity contribution in [2.24, 2.45) is 5.73 Å². The zero-order valence-corrected chi connectivity index (χ0v) is 10.8. The summed E-state index contributed by atoms with van der Waals surface area (Å²) < 4.78 is 0. The Balaban J connectivity index is 4.00. The molecule has 7 heteroatoms. The first-order valence-corrected chi connectivity index (χ1v) is 6.37. The van der Waals surface area contributed by atoms with E-state index in [1.807, 2.05) is 0 Å². The SMILES string of the molecule is CCC(C)(NC(=O)CCSCC(N)=O)C(=O)O. The molecule has 0 aliphatic heterocycles. The van der Waals surface area contributed by atoms with E-state index in [2.05, 4.69) is 5.32 Å². The molecule has 0 aliphatic rings. The van der Waals surface area contributed by atoms with Crippen molar-refractivity contribution in [3.05, 3.63) is 0 Å². The molecule has 0 aromatic rings. The van der Waals surface area contributed by atoms with Gasteiger partial charge in [-0.25, -0.2) is 4.79 Å². The number of carboxylic acid groups (broad SMARTS) is 1. The summed E-state index contributed by atoms with van der Waals surface area (Å²) in [7, 11) is 0. The summed E-state index contributed by atoms with van der Waals surface area (Å²) in [6.07, 6.45) is 0.476. The van der Waals surface area contributed by atoms with Crippen LogP contribution in [0.1, 0.15) is 26.7 Å². The van der Waals surface area contributed by atoms with Crippen molar-refractivity contribution in [3.8, 4) is 0 Å². The molecule has 98 valence electrons. The molecule has 0 saturated heterocycles. The molecule has 0 spiro atoms. The van der Waals surface area contributed by atoms with Crippen LogP contribution >= 0.6 is 11.8 Å². The lowest BCUT2D eigenvalue weighted by Gasteiger charge is -2.24. The monoisotopic (exact) mass is 262 g/mol. The van der Waals surface area contributed by atoms with Gasteiger partial charge in [-0.2, -0.15) is 11.8 Å². The average Bonchev–Trinajstić information content (AvgIpc) is 2.23. The Hall–Kier alpha value is -1.24. The second kappa shape index (κ2) is 7.16. The van der Waals surface area contributed by atoms with Gasteiger partial charge in [-0.1, -0.05) is 6.92 Å². The van der Waals surface area contributed by atoms with Gasteiger partial charge in [0.25, 0.3) is 0 Å². The third kappa shape index (κ3) is 6.15. The molecular formula is C10H18N2O4S. The molecule has 0 heterocycles. The van der Waals surface area contributed by atoms with Gasteiger partial charge in [0.05, 0.1) is 5.75 Å². The molecule has 0 rings (SSSR count). The van der Waals surface area contributed by atoms with Crippen LogP contribution in [0.3, 0.4) is 0 Å². The summed E-state index contributed by atoms with van der Waals surface area (Å²) >= 11 is 1.25. The van der Waals surface area contributed by atoms with Crippen LogP contribution in [0.15, 0.2) is 0 Å². The van der Waals surface area contributed by atoms with E-state index in [0.717, 1.165) is 0 Å². The molecule has 0 aromatic carbocycles. The van der Waals surface area contributed by atoms with Crippen LogP contribution in [0.25, 0.3) is 0 Å². The fraction of sp³-hybridized carbons (Fsp3) is 0.700. The van der Waals surface area contributed by atoms with Gasteiger partial charge in [0.15, 0.2) is 0 Å². The molecule has 0 aliphatic carbocycles. The van der Waals surface area contributed by atoms with E-state index in [-0.39, 0.29) is 18.1 Å². The van der Waals surface area contributed by atoms with Crippen molar-refractivity contribution in [1.82, 2.24) is 5.32 Å². The normalized spacial score (nSPS) is 13.8. The van der Waals surface area contributed by atoms with E-state index in [4.69, 9.17) is 10.8 Å². The molecule has 0 radical (unpaired) electrons. The van der Waals surface area contributed by atoms with E-state index in [0.29, 0.717) is 12.2 Å². The van der Waals surface area contributed by atoms with Crippen LogP contribution < -0.4 is 11.1 Å². The van der Waals surface area contributed by atoms with Gasteiger partial charge in [0, 0.05) is 12.2 Å². The molecule has 0 aromatic heterocycles. The van der Waals surface area contributed by atoms with E-state index in [9.17, 15) is 14.4 Å². The number of carbonyl (C=O) groups excluding carboxylic acids is 2. The van der Waals surface area contributed by atoms with Crippen molar-refractivity contribution in [2.75, 3.05) is 11.5 Å². The van der Waals surface area contributed by atoms with Gasteiger partial charge in [-0.15, -0.1) is 0 Å². The number of rotatable bonds is 8. The molecule has 6 nitrogen and oxygen atoms in total. The maximum absolute atomic E-state index is 11.5. The summed E-state index contributed by atoms with van der Waals surface area (Å²) in [5.41, 5.74) is 3.70. The number of nitrogens with one attached hydrogen (secondary N) is 1. The Morgan fingerprint density at radius 1 is 1.41 bits per heavy atom. The predicted octanol–water partition coefficient (Wildman–Crippen LogP) is -0.0355. The Morgan fingerprint density at radius 2 is 2.00 bits per heavy atom. The van der Waals surface area contributed by atoms with Crippen LogP contribution in [0.4, 0.5) is 0 Å². The van der Waals surface area contributed by atoms with Crippen LogP contribution in [-0.4, -0.2) is 39.9 Å². The van der Waals surface area contributed by atoms with Crippen molar-refractivity contribution >= 4 is 29.5 Å². The highest BCUT2D eigenvalue weighted by Gasteiger charge is 2.32. The summed E-state index contributed by atoms with van der Waals surface area (Å²) in [6, 6.07) is 0. The van der Waals surface area contributed by atoms with Gasteiger partial charge >= 0.3 is 5.97 Å². The molecule has 1 atom stereocenters.